The average Bonchev–Trinajstić information content (AvgIpc) is 2.72. The Morgan fingerprint density at radius 3 is 2.88 bits per heavy atom. The van der Waals surface area contributed by atoms with Gasteiger partial charge in [0.25, 0.3) is 5.91 Å². The number of ether oxygens (including phenoxy) is 1. The van der Waals surface area contributed by atoms with E-state index in [1.54, 1.807) is 17.9 Å². The molecule has 0 radical (unpaired) electrons. The molecule has 0 unspecified atom stereocenters. The van der Waals surface area contributed by atoms with E-state index in [2.05, 4.69) is 0 Å². The quantitative estimate of drug-likeness (QED) is 0.763. The molecule has 0 bridgehead atoms. The number of halogens is 1. The fourth-order valence-corrected chi connectivity index (χ4v) is 1.89. The highest BCUT2D eigenvalue weighted by Gasteiger charge is 2.28. The number of nitrogens with zero attached hydrogens (tertiary/aromatic N) is 1. The van der Waals surface area contributed by atoms with Crippen LogP contribution in [0.15, 0.2) is 18.2 Å². The smallest absolute Gasteiger partial charge is 0.251 e. The van der Waals surface area contributed by atoms with Gasteiger partial charge < -0.3 is 9.64 Å². The highest BCUT2D eigenvalue weighted by molar-refractivity contribution is 5.81. The van der Waals surface area contributed by atoms with Gasteiger partial charge in [0, 0.05) is 25.8 Å². The summed E-state index contributed by atoms with van der Waals surface area (Å²) in [6.07, 6.45) is -0.475. The monoisotopic (exact) mass is 223 g/mol. The van der Waals surface area contributed by atoms with Crippen molar-refractivity contribution in [1.82, 2.24) is 4.90 Å². The topological polar surface area (TPSA) is 29.5 Å². The minimum absolute atomic E-state index is 0.0990. The van der Waals surface area contributed by atoms with Crippen molar-refractivity contribution in [3.05, 3.63) is 35.1 Å². The number of rotatable bonds is 2. The molecule has 0 spiro atoms. The first kappa shape index (κ1) is 11.1. The standard InChI is InChI=1S/C12H14FNO2/c1-8(16-2)12(15)14-6-9-4-3-5-11(13)10(9)7-14/h3-5,8H,6-7H2,1-2H3/t8-/m1/s1. The van der Waals surface area contributed by atoms with Crippen LogP contribution in [-0.4, -0.2) is 24.0 Å². The van der Waals surface area contributed by atoms with Crippen molar-refractivity contribution in [1.29, 1.82) is 0 Å². The Morgan fingerprint density at radius 2 is 2.25 bits per heavy atom. The summed E-state index contributed by atoms with van der Waals surface area (Å²) in [4.78, 5) is 13.4. The van der Waals surface area contributed by atoms with Crippen molar-refractivity contribution >= 4 is 5.91 Å². The number of hydrogen-bond donors (Lipinski definition) is 0. The summed E-state index contributed by atoms with van der Waals surface area (Å²) >= 11 is 0. The van der Waals surface area contributed by atoms with Gasteiger partial charge in [-0.25, -0.2) is 4.39 Å². The Balaban J connectivity index is 2.17. The average molecular weight is 223 g/mol. The Labute approximate surface area is 93.8 Å². The van der Waals surface area contributed by atoms with E-state index in [9.17, 15) is 9.18 Å². The first-order chi connectivity index (χ1) is 7.63. The molecule has 1 aromatic carbocycles. The van der Waals surface area contributed by atoms with Crippen LogP contribution in [0, 0.1) is 5.82 Å². The molecular formula is C12H14FNO2. The molecule has 0 saturated heterocycles. The Morgan fingerprint density at radius 1 is 1.50 bits per heavy atom. The summed E-state index contributed by atoms with van der Waals surface area (Å²) in [5.41, 5.74) is 1.51. The minimum atomic E-state index is -0.475. The fourth-order valence-electron chi connectivity index (χ4n) is 1.89. The van der Waals surface area contributed by atoms with Crippen molar-refractivity contribution in [2.75, 3.05) is 7.11 Å². The Hall–Kier alpha value is -1.42. The zero-order valence-corrected chi connectivity index (χ0v) is 9.37. The van der Waals surface area contributed by atoms with Crippen molar-refractivity contribution in [3.8, 4) is 0 Å². The van der Waals surface area contributed by atoms with Gasteiger partial charge in [0.15, 0.2) is 0 Å². The second-order valence-corrected chi connectivity index (χ2v) is 3.95. The van der Waals surface area contributed by atoms with Gasteiger partial charge >= 0.3 is 0 Å². The molecule has 1 heterocycles. The lowest BCUT2D eigenvalue weighted by molar-refractivity contribution is -0.141. The molecule has 1 amide bonds. The predicted octanol–water partition coefficient (Wildman–Crippen LogP) is 1.70. The number of fused-ring (bicyclic) bond motifs is 1. The van der Waals surface area contributed by atoms with Gasteiger partial charge in [-0.2, -0.15) is 0 Å². The Kier molecular flexibility index (Phi) is 2.92. The first-order valence-electron chi connectivity index (χ1n) is 5.21. The van der Waals surface area contributed by atoms with E-state index in [1.165, 1.54) is 13.2 Å². The lowest BCUT2D eigenvalue weighted by Gasteiger charge is -2.19. The summed E-state index contributed by atoms with van der Waals surface area (Å²) in [6.45, 7) is 2.51. The zero-order valence-electron chi connectivity index (χ0n) is 9.37. The molecule has 0 saturated carbocycles. The highest BCUT2D eigenvalue weighted by Crippen LogP contribution is 2.25. The zero-order chi connectivity index (χ0) is 11.7. The molecule has 16 heavy (non-hydrogen) atoms. The van der Waals surface area contributed by atoms with Crippen LogP contribution in [0.1, 0.15) is 18.1 Å². The number of methoxy groups -OCH3 is 1. The van der Waals surface area contributed by atoms with E-state index in [4.69, 9.17) is 4.74 Å². The highest BCUT2D eigenvalue weighted by atomic mass is 19.1. The van der Waals surface area contributed by atoms with Gasteiger partial charge in [-0.15, -0.1) is 0 Å². The van der Waals surface area contributed by atoms with Gasteiger partial charge in [0.2, 0.25) is 0 Å². The molecule has 1 aliphatic heterocycles. The Bertz CT molecular complexity index is 419. The molecule has 1 aromatic rings. The maximum atomic E-state index is 13.4. The van der Waals surface area contributed by atoms with Crippen LogP contribution in [0.25, 0.3) is 0 Å². The lowest BCUT2D eigenvalue weighted by Crippen LogP contribution is -2.34. The second kappa shape index (κ2) is 4.22. The maximum absolute atomic E-state index is 13.4. The third-order valence-corrected chi connectivity index (χ3v) is 2.94. The molecule has 1 atom stereocenters. The van der Waals surface area contributed by atoms with E-state index in [-0.39, 0.29) is 11.7 Å². The summed E-state index contributed by atoms with van der Waals surface area (Å²) in [5.74, 6) is -0.337. The molecule has 2 rings (SSSR count). The summed E-state index contributed by atoms with van der Waals surface area (Å²) in [7, 11) is 1.49. The first-order valence-corrected chi connectivity index (χ1v) is 5.21. The molecule has 0 fully saturated rings. The van der Waals surface area contributed by atoms with Crippen LogP contribution < -0.4 is 0 Å². The molecule has 0 aromatic heterocycles. The largest absolute Gasteiger partial charge is 0.372 e. The number of amides is 1. The number of benzene rings is 1. The third kappa shape index (κ3) is 1.80. The summed E-state index contributed by atoms with van der Waals surface area (Å²) in [5, 5.41) is 0. The van der Waals surface area contributed by atoms with Crippen LogP contribution in [0.5, 0.6) is 0 Å². The van der Waals surface area contributed by atoms with Gasteiger partial charge in [-0.3, -0.25) is 4.79 Å². The summed E-state index contributed by atoms with van der Waals surface area (Å²) < 4.78 is 18.4. The molecule has 0 N–H and O–H groups in total. The third-order valence-electron chi connectivity index (χ3n) is 2.94. The number of hydrogen-bond acceptors (Lipinski definition) is 2. The fraction of sp³-hybridized carbons (Fsp3) is 0.417. The predicted molar refractivity (Wildman–Crippen MR) is 57.1 cm³/mol. The van der Waals surface area contributed by atoms with Crippen LogP contribution in [0.3, 0.4) is 0 Å². The molecule has 86 valence electrons. The van der Waals surface area contributed by atoms with E-state index < -0.39 is 6.10 Å². The molecule has 3 nitrogen and oxygen atoms in total. The maximum Gasteiger partial charge on any atom is 0.251 e. The molecule has 4 heteroatoms. The minimum Gasteiger partial charge on any atom is -0.372 e. The van der Waals surface area contributed by atoms with E-state index >= 15 is 0 Å². The molecule has 0 aliphatic carbocycles. The van der Waals surface area contributed by atoms with E-state index in [0.29, 0.717) is 18.7 Å². The molecular weight excluding hydrogens is 209 g/mol. The van der Waals surface area contributed by atoms with Gasteiger partial charge in [0.1, 0.15) is 11.9 Å². The second-order valence-electron chi connectivity index (χ2n) is 3.95. The van der Waals surface area contributed by atoms with Gasteiger partial charge in [0.05, 0.1) is 0 Å². The van der Waals surface area contributed by atoms with E-state index in [0.717, 1.165) is 5.56 Å². The van der Waals surface area contributed by atoms with Gasteiger partial charge in [-0.05, 0) is 18.6 Å². The number of carbonyl (C=O) groups is 1. The normalized spacial score (nSPS) is 16.1. The van der Waals surface area contributed by atoms with Crippen molar-refractivity contribution in [3.63, 3.8) is 0 Å². The SMILES string of the molecule is CO[C@H](C)C(=O)N1Cc2cccc(F)c2C1. The van der Waals surface area contributed by atoms with E-state index in [1.807, 2.05) is 6.07 Å². The van der Waals surface area contributed by atoms with Crippen LogP contribution in [0.4, 0.5) is 4.39 Å². The van der Waals surface area contributed by atoms with Crippen molar-refractivity contribution in [2.24, 2.45) is 0 Å². The number of carbonyl (C=O) groups excluding carboxylic acids is 1. The van der Waals surface area contributed by atoms with Crippen LogP contribution in [-0.2, 0) is 22.6 Å². The van der Waals surface area contributed by atoms with Crippen LogP contribution in [0.2, 0.25) is 0 Å². The summed E-state index contributed by atoms with van der Waals surface area (Å²) in [6, 6.07) is 4.94. The van der Waals surface area contributed by atoms with Crippen molar-refractivity contribution in [2.45, 2.75) is 26.1 Å². The van der Waals surface area contributed by atoms with Crippen LogP contribution >= 0.6 is 0 Å². The molecule has 1 aliphatic rings. The van der Waals surface area contributed by atoms with Crippen molar-refractivity contribution < 1.29 is 13.9 Å². The van der Waals surface area contributed by atoms with Gasteiger partial charge in [-0.1, -0.05) is 12.1 Å². The lowest BCUT2D eigenvalue weighted by atomic mass is 10.1.